The third kappa shape index (κ3) is 5.12. The minimum atomic E-state index is -3.95. The summed E-state index contributed by atoms with van der Waals surface area (Å²) in [7, 11) is -3.95. The van der Waals surface area contributed by atoms with Crippen molar-refractivity contribution in [2.45, 2.75) is 6.92 Å². The molecular formula is C18H20N8O3S. The Labute approximate surface area is 172 Å². The average Bonchev–Trinajstić information content (AvgIpc) is 3.11. The Morgan fingerprint density at radius 1 is 1.07 bits per heavy atom. The predicted molar refractivity (Wildman–Crippen MR) is 117 cm³/mol. The number of guanidine groups is 1. The van der Waals surface area contributed by atoms with E-state index in [-0.39, 0.29) is 17.3 Å². The molecule has 11 nitrogen and oxygen atoms in total. The van der Waals surface area contributed by atoms with Crippen LogP contribution in [-0.2, 0) is 10.2 Å². The number of para-hydroxylation sites is 1. The molecule has 2 aromatic carbocycles. The highest BCUT2D eigenvalue weighted by Crippen LogP contribution is 2.24. The summed E-state index contributed by atoms with van der Waals surface area (Å²) in [6.07, 6.45) is 0. The van der Waals surface area contributed by atoms with Gasteiger partial charge >= 0.3 is 0 Å². The van der Waals surface area contributed by atoms with E-state index in [4.69, 9.17) is 16.6 Å². The molecule has 3 rings (SSSR count). The van der Waals surface area contributed by atoms with Gasteiger partial charge in [0.2, 0.25) is 5.96 Å². The topological polar surface area (TPSA) is 194 Å². The van der Waals surface area contributed by atoms with Gasteiger partial charge in [0, 0.05) is 11.1 Å². The van der Waals surface area contributed by atoms with Gasteiger partial charge in [0.05, 0.1) is 16.9 Å². The maximum Gasteiger partial charge on any atom is 0.296 e. The highest BCUT2D eigenvalue weighted by molar-refractivity contribution is 7.90. The van der Waals surface area contributed by atoms with Crippen LogP contribution >= 0.6 is 0 Å². The first-order valence-corrected chi connectivity index (χ1v) is 10.1. The molecule has 1 aromatic heterocycles. The van der Waals surface area contributed by atoms with Crippen molar-refractivity contribution in [3.05, 3.63) is 59.8 Å². The first-order chi connectivity index (χ1) is 14.1. The molecule has 0 unspecified atom stereocenters. The van der Waals surface area contributed by atoms with E-state index in [9.17, 15) is 13.2 Å². The minimum Gasteiger partial charge on any atom is -0.369 e. The van der Waals surface area contributed by atoms with E-state index in [2.05, 4.69) is 25.2 Å². The lowest BCUT2D eigenvalue weighted by Crippen LogP contribution is -2.22. The molecule has 9 N–H and O–H groups in total. The number of anilines is 2. The van der Waals surface area contributed by atoms with Crippen molar-refractivity contribution in [1.29, 1.82) is 0 Å². The van der Waals surface area contributed by atoms with Crippen LogP contribution in [0.1, 0.15) is 23.0 Å². The molecule has 30 heavy (non-hydrogen) atoms. The SMILES string of the molecule is C/C(=N/N=C(N)N)c1ccc(NC(=O)c2cc3cccc(NS(N)(=O)=O)c3[nH]2)cc1. The monoisotopic (exact) mass is 428 g/mol. The van der Waals surface area contributed by atoms with Gasteiger partial charge in [-0.05, 0) is 36.8 Å². The number of hydrogen-bond acceptors (Lipinski definition) is 5. The van der Waals surface area contributed by atoms with Crippen molar-refractivity contribution in [2.75, 3.05) is 10.0 Å². The van der Waals surface area contributed by atoms with Crippen molar-refractivity contribution in [3.8, 4) is 0 Å². The first-order valence-electron chi connectivity index (χ1n) is 8.59. The summed E-state index contributed by atoms with van der Waals surface area (Å²) in [5.41, 5.74) is 13.4. The zero-order chi connectivity index (χ0) is 21.9. The third-order valence-corrected chi connectivity index (χ3v) is 4.53. The van der Waals surface area contributed by atoms with Crippen LogP contribution in [0.3, 0.4) is 0 Å². The molecule has 3 aromatic rings. The van der Waals surface area contributed by atoms with E-state index in [0.29, 0.717) is 22.3 Å². The number of aromatic amines is 1. The van der Waals surface area contributed by atoms with Crippen LogP contribution in [0.5, 0.6) is 0 Å². The second kappa shape index (κ2) is 8.23. The number of fused-ring (bicyclic) bond motifs is 1. The molecule has 0 radical (unpaired) electrons. The molecule has 12 heteroatoms. The van der Waals surface area contributed by atoms with Crippen LogP contribution in [0.25, 0.3) is 10.9 Å². The van der Waals surface area contributed by atoms with E-state index in [1.165, 1.54) is 6.07 Å². The number of nitrogens with two attached hydrogens (primary N) is 3. The number of benzene rings is 2. The Bertz CT molecular complexity index is 1260. The van der Waals surface area contributed by atoms with Gasteiger partial charge in [-0.25, -0.2) is 5.14 Å². The summed E-state index contributed by atoms with van der Waals surface area (Å²) in [5, 5.41) is 15.9. The highest BCUT2D eigenvalue weighted by atomic mass is 32.2. The first kappa shape index (κ1) is 20.8. The van der Waals surface area contributed by atoms with Crippen LogP contribution in [-0.4, -0.2) is 31.0 Å². The fourth-order valence-electron chi connectivity index (χ4n) is 2.70. The van der Waals surface area contributed by atoms with Crippen LogP contribution in [0.2, 0.25) is 0 Å². The van der Waals surface area contributed by atoms with Gasteiger partial charge in [0.25, 0.3) is 16.1 Å². The average molecular weight is 428 g/mol. The number of nitrogens with one attached hydrogen (secondary N) is 3. The van der Waals surface area contributed by atoms with E-state index in [0.717, 1.165) is 5.56 Å². The van der Waals surface area contributed by atoms with Gasteiger partial charge in [-0.1, -0.05) is 24.3 Å². The van der Waals surface area contributed by atoms with Crippen LogP contribution in [0, 0.1) is 0 Å². The summed E-state index contributed by atoms with van der Waals surface area (Å²) in [4.78, 5) is 15.5. The maximum absolute atomic E-state index is 12.6. The molecule has 0 atom stereocenters. The third-order valence-electron chi connectivity index (χ3n) is 4.03. The number of H-pyrrole nitrogens is 1. The summed E-state index contributed by atoms with van der Waals surface area (Å²) in [6, 6.07) is 13.5. The molecule has 0 fully saturated rings. The summed E-state index contributed by atoms with van der Waals surface area (Å²) >= 11 is 0. The molecule has 0 saturated heterocycles. The van der Waals surface area contributed by atoms with E-state index in [1.807, 2.05) is 0 Å². The van der Waals surface area contributed by atoms with Crippen molar-refractivity contribution in [3.63, 3.8) is 0 Å². The zero-order valence-corrected chi connectivity index (χ0v) is 16.7. The predicted octanol–water partition coefficient (Wildman–Crippen LogP) is 1.03. The number of nitrogens with zero attached hydrogens (tertiary/aromatic N) is 2. The molecule has 0 saturated carbocycles. The number of amides is 1. The molecular weight excluding hydrogens is 408 g/mol. The Balaban J connectivity index is 1.79. The number of aromatic nitrogens is 1. The van der Waals surface area contributed by atoms with Gasteiger partial charge in [-0.2, -0.15) is 13.5 Å². The van der Waals surface area contributed by atoms with E-state index >= 15 is 0 Å². The van der Waals surface area contributed by atoms with Crippen molar-refractivity contribution in [2.24, 2.45) is 26.8 Å². The fraction of sp³-hybridized carbons (Fsp3) is 0.0556. The molecule has 1 amide bonds. The minimum absolute atomic E-state index is 0.140. The zero-order valence-electron chi connectivity index (χ0n) is 15.9. The van der Waals surface area contributed by atoms with Gasteiger partial charge in [-0.15, -0.1) is 5.10 Å². The Morgan fingerprint density at radius 2 is 1.77 bits per heavy atom. The van der Waals surface area contributed by atoms with Crippen LogP contribution in [0.15, 0.2) is 58.7 Å². The molecule has 1 heterocycles. The summed E-state index contributed by atoms with van der Waals surface area (Å²) in [5.74, 6) is -0.537. The normalized spacial score (nSPS) is 11.9. The van der Waals surface area contributed by atoms with Gasteiger partial charge < -0.3 is 21.8 Å². The Morgan fingerprint density at radius 3 is 2.40 bits per heavy atom. The molecule has 0 bridgehead atoms. The van der Waals surface area contributed by atoms with E-state index in [1.54, 1.807) is 49.4 Å². The van der Waals surface area contributed by atoms with Crippen LogP contribution in [0.4, 0.5) is 11.4 Å². The summed E-state index contributed by atoms with van der Waals surface area (Å²) in [6.45, 7) is 1.75. The fourth-order valence-corrected chi connectivity index (χ4v) is 3.18. The number of rotatable bonds is 6. The number of hydrogen-bond donors (Lipinski definition) is 6. The quantitative estimate of drug-likeness (QED) is 0.193. The van der Waals surface area contributed by atoms with Gasteiger partial charge in [-0.3, -0.25) is 9.52 Å². The molecule has 0 spiro atoms. The molecule has 0 aliphatic rings. The Hall–Kier alpha value is -3.90. The molecule has 0 aliphatic heterocycles. The smallest absolute Gasteiger partial charge is 0.296 e. The molecule has 156 valence electrons. The maximum atomic E-state index is 12.6. The number of carbonyl (C=O) groups is 1. The second-order valence-electron chi connectivity index (χ2n) is 6.34. The lowest BCUT2D eigenvalue weighted by molar-refractivity contribution is 0.102. The van der Waals surface area contributed by atoms with Crippen molar-refractivity contribution >= 4 is 50.1 Å². The summed E-state index contributed by atoms with van der Waals surface area (Å²) < 4.78 is 24.9. The Kier molecular flexibility index (Phi) is 5.71. The van der Waals surface area contributed by atoms with Crippen molar-refractivity contribution < 1.29 is 13.2 Å². The van der Waals surface area contributed by atoms with Crippen molar-refractivity contribution in [1.82, 2.24) is 4.98 Å². The lowest BCUT2D eigenvalue weighted by Gasteiger charge is -2.06. The number of carbonyl (C=O) groups excluding carboxylic acids is 1. The van der Waals surface area contributed by atoms with E-state index < -0.39 is 16.1 Å². The van der Waals surface area contributed by atoms with Crippen LogP contribution < -0.4 is 26.6 Å². The van der Waals surface area contributed by atoms with Gasteiger partial charge in [0.1, 0.15) is 5.69 Å². The highest BCUT2D eigenvalue weighted by Gasteiger charge is 2.14. The lowest BCUT2D eigenvalue weighted by atomic mass is 10.1. The largest absolute Gasteiger partial charge is 0.369 e. The standard InChI is InChI=1S/C18H20N8O3S/c1-10(24-25-18(19)20)11-5-7-13(8-6-11)22-17(27)15-9-12-3-2-4-14(16(12)23-15)26-30(21,28)29/h2-9,23,26H,1H3,(H,22,27)(H4,19,20,25)(H2,21,28,29)/b24-10-. The second-order valence-corrected chi connectivity index (χ2v) is 7.64. The van der Waals surface area contributed by atoms with Gasteiger partial charge in [0.15, 0.2) is 0 Å². The molecule has 0 aliphatic carbocycles.